The number of ether oxygens (including phenoxy) is 1. The van der Waals surface area contributed by atoms with Gasteiger partial charge in [-0.05, 0) is 12.8 Å². The topological polar surface area (TPSA) is 29.5 Å². The van der Waals surface area contributed by atoms with Crippen molar-refractivity contribution in [1.82, 2.24) is 4.90 Å². The summed E-state index contributed by atoms with van der Waals surface area (Å²) in [5.41, 5.74) is 0. The molecule has 14 heavy (non-hydrogen) atoms. The Morgan fingerprint density at radius 2 is 2.29 bits per heavy atom. The number of carbonyl (C=O) groups excluding carboxylic acids is 1. The van der Waals surface area contributed by atoms with Gasteiger partial charge in [0.2, 0.25) is 5.91 Å². The maximum atomic E-state index is 11.6. The Balaban J connectivity index is 2.49. The molecule has 1 amide bonds. The van der Waals surface area contributed by atoms with Gasteiger partial charge in [0.1, 0.15) is 5.38 Å². The fourth-order valence-electron chi connectivity index (χ4n) is 1.90. The van der Waals surface area contributed by atoms with Crippen molar-refractivity contribution in [1.29, 1.82) is 0 Å². The molecule has 1 heterocycles. The minimum Gasteiger partial charge on any atom is -0.384 e. The Morgan fingerprint density at radius 1 is 1.64 bits per heavy atom. The Bertz CT molecular complexity index is 208. The van der Waals surface area contributed by atoms with E-state index < -0.39 is 5.38 Å². The average molecular weight is 220 g/mol. The average Bonchev–Trinajstić information content (AvgIpc) is 2.47. The first kappa shape index (κ1) is 11.8. The van der Waals surface area contributed by atoms with E-state index in [2.05, 4.69) is 6.92 Å². The van der Waals surface area contributed by atoms with E-state index >= 15 is 0 Å². The van der Waals surface area contributed by atoms with Gasteiger partial charge in [0.25, 0.3) is 0 Å². The molecule has 1 saturated heterocycles. The van der Waals surface area contributed by atoms with E-state index in [1.807, 2.05) is 4.90 Å². The van der Waals surface area contributed by atoms with Crippen LogP contribution in [-0.4, -0.2) is 43.0 Å². The summed E-state index contributed by atoms with van der Waals surface area (Å²) in [6.07, 6.45) is 0. The zero-order chi connectivity index (χ0) is 10.7. The fraction of sp³-hybridized carbons (Fsp3) is 0.900. The minimum absolute atomic E-state index is 0.0390. The third-order valence-electron chi connectivity index (χ3n) is 2.80. The molecule has 0 N–H and O–H groups in total. The summed E-state index contributed by atoms with van der Waals surface area (Å²) in [4.78, 5) is 13.4. The van der Waals surface area contributed by atoms with Gasteiger partial charge in [-0.3, -0.25) is 4.79 Å². The van der Waals surface area contributed by atoms with Crippen LogP contribution in [0.1, 0.15) is 13.8 Å². The van der Waals surface area contributed by atoms with Crippen molar-refractivity contribution >= 4 is 17.5 Å². The molecule has 0 bridgehead atoms. The van der Waals surface area contributed by atoms with Gasteiger partial charge in [-0.2, -0.15) is 0 Å². The SMILES string of the molecule is COCC1CN(C(=O)C(C)Cl)CC1C. The Labute approximate surface area is 90.4 Å². The summed E-state index contributed by atoms with van der Waals surface area (Å²) in [5.74, 6) is 1.01. The molecule has 0 aromatic carbocycles. The second-order valence-corrected chi connectivity index (χ2v) is 4.71. The third-order valence-corrected chi connectivity index (χ3v) is 2.99. The van der Waals surface area contributed by atoms with Crippen LogP contribution >= 0.6 is 11.6 Å². The van der Waals surface area contributed by atoms with E-state index in [1.54, 1.807) is 14.0 Å². The third kappa shape index (κ3) is 2.61. The molecular formula is C10H18ClNO2. The number of halogens is 1. The number of hydrogen-bond donors (Lipinski definition) is 0. The lowest BCUT2D eigenvalue weighted by molar-refractivity contribution is -0.129. The molecule has 3 unspecified atom stereocenters. The number of nitrogens with zero attached hydrogens (tertiary/aromatic N) is 1. The lowest BCUT2D eigenvalue weighted by atomic mass is 10.00. The number of likely N-dealkylation sites (tertiary alicyclic amines) is 1. The van der Waals surface area contributed by atoms with Crippen molar-refractivity contribution in [2.75, 3.05) is 26.8 Å². The van der Waals surface area contributed by atoms with Crippen LogP contribution in [0.4, 0.5) is 0 Å². The molecular weight excluding hydrogens is 202 g/mol. The highest BCUT2D eigenvalue weighted by atomic mass is 35.5. The van der Waals surface area contributed by atoms with Crippen molar-refractivity contribution in [3.63, 3.8) is 0 Å². The number of rotatable bonds is 3. The van der Waals surface area contributed by atoms with E-state index in [-0.39, 0.29) is 5.91 Å². The molecule has 4 heteroatoms. The lowest BCUT2D eigenvalue weighted by Crippen LogP contribution is -2.34. The van der Waals surface area contributed by atoms with Gasteiger partial charge < -0.3 is 9.64 Å². The monoisotopic (exact) mass is 219 g/mol. The van der Waals surface area contributed by atoms with Gasteiger partial charge in [-0.15, -0.1) is 11.6 Å². The predicted octanol–water partition coefficient (Wildman–Crippen LogP) is 1.35. The van der Waals surface area contributed by atoms with Gasteiger partial charge in [-0.25, -0.2) is 0 Å². The molecule has 0 aliphatic carbocycles. The molecule has 82 valence electrons. The van der Waals surface area contributed by atoms with Gasteiger partial charge in [0.15, 0.2) is 0 Å². The second kappa shape index (κ2) is 4.99. The normalized spacial score (nSPS) is 29.3. The predicted molar refractivity (Wildman–Crippen MR) is 56.4 cm³/mol. The number of carbonyl (C=O) groups is 1. The first-order valence-electron chi connectivity index (χ1n) is 4.98. The van der Waals surface area contributed by atoms with Crippen molar-refractivity contribution in [2.24, 2.45) is 11.8 Å². The molecule has 1 aliphatic rings. The molecule has 0 aromatic heterocycles. The lowest BCUT2D eigenvalue weighted by Gasteiger charge is -2.17. The van der Waals surface area contributed by atoms with Crippen LogP contribution in [0.5, 0.6) is 0 Å². The zero-order valence-corrected chi connectivity index (χ0v) is 9.75. The molecule has 3 nitrogen and oxygen atoms in total. The van der Waals surface area contributed by atoms with Crippen LogP contribution in [0.3, 0.4) is 0 Å². The van der Waals surface area contributed by atoms with Gasteiger partial charge in [-0.1, -0.05) is 6.92 Å². The standard InChI is InChI=1S/C10H18ClNO2/c1-7-4-12(10(13)8(2)11)5-9(7)6-14-3/h7-9H,4-6H2,1-3H3. The molecule has 0 saturated carbocycles. The summed E-state index contributed by atoms with van der Waals surface area (Å²) in [6.45, 7) is 6.19. The Hall–Kier alpha value is -0.280. The number of alkyl halides is 1. The first-order chi connectivity index (χ1) is 6.56. The van der Waals surface area contributed by atoms with Crippen molar-refractivity contribution in [3.05, 3.63) is 0 Å². The molecule has 1 fully saturated rings. The summed E-state index contributed by atoms with van der Waals surface area (Å²) >= 11 is 5.76. The van der Waals surface area contributed by atoms with E-state index in [4.69, 9.17) is 16.3 Å². The van der Waals surface area contributed by atoms with E-state index in [9.17, 15) is 4.79 Å². The van der Waals surface area contributed by atoms with Crippen LogP contribution in [-0.2, 0) is 9.53 Å². The van der Waals surface area contributed by atoms with Gasteiger partial charge in [0.05, 0.1) is 6.61 Å². The number of methoxy groups -OCH3 is 1. The maximum absolute atomic E-state index is 11.6. The van der Waals surface area contributed by atoms with Crippen molar-refractivity contribution in [2.45, 2.75) is 19.2 Å². The van der Waals surface area contributed by atoms with Crippen LogP contribution in [0.2, 0.25) is 0 Å². The molecule has 0 spiro atoms. The summed E-state index contributed by atoms with van der Waals surface area (Å²) in [6, 6.07) is 0. The first-order valence-corrected chi connectivity index (χ1v) is 5.41. The van der Waals surface area contributed by atoms with E-state index in [1.165, 1.54) is 0 Å². The van der Waals surface area contributed by atoms with Crippen LogP contribution in [0, 0.1) is 11.8 Å². The van der Waals surface area contributed by atoms with Crippen LogP contribution < -0.4 is 0 Å². The zero-order valence-electron chi connectivity index (χ0n) is 9.00. The number of amides is 1. The summed E-state index contributed by atoms with van der Waals surface area (Å²) in [7, 11) is 1.70. The molecule has 3 atom stereocenters. The minimum atomic E-state index is -0.413. The molecule has 1 rings (SSSR count). The van der Waals surface area contributed by atoms with Crippen LogP contribution in [0.25, 0.3) is 0 Å². The summed E-state index contributed by atoms with van der Waals surface area (Å²) < 4.78 is 5.11. The fourth-order valence-corrected chi connectivity index (χ4v) is 2.03. The van der Waals surface area contributed by atoms with Gasteiger partial charge >= 0.3 is 0 Å². The van der Waals surface area contributed by atoms with E-state index in [0.717, 1.165) is 19.7 Å². The van der Waals surface area contributed by atoms with E-state index in [0.29, 0.717) is 11.8 Å². The Morgan fingerprint density at radius 3 is 2.79 bits per heavy atom. The highest BCUT2D eigenvalue weighted by molar-refractivity contribution is 6.30. The maximum Gasteiger partial charge on any atom is 0.240 e. The quantitative estimate of drug-likeness (QED) is 0.671. The molecule has 0 radical (unpaired) electrons. The summed E-state index contributed by atoms with van der Waals surface area (Å²) in [5, 5.41) is -0.413. The molecule has 1 aliphatic heterocycles. The largest absolute Gasteiger partial charge is 0.384 e. The Kier molecular flexibility index (Phi) is 4.20. The smallest absolute Gasteiger partial charge is 0.240 e. The van der Waals surface area contributed by atoms with Gasteiger partial charge in [0, 0.05) is 26.1 Å². The van der Waals surface area contributed by atoms with Crippen molar-refractivity contribution in [3.8, 4) is 0 Å². The number of hydrogen-bond acceptors (Lipinski definition) is 2. The highest BCUT2D eigenvalue weighted by Crippen LogP contribution is 2.24. The molecule has 0 aromatic rings. The highest BCUT2D eigenvalue weighted by Gasteiger charge is 2.33. The van der Waals surface area contributed by atoms with Crippen LogP contribution in [0.15, 0.2) is 0 Å². The van der Waals surface area contributed by atoms with Crippen molar-refractivity contribution < 1.29 is 9.53 Å². The second-order valence-electron chi connectivity index (χ2n) is 4.05.